The first kappa shape index (κ1) is 18.1. The van der Waals surface area contributed by atoms with Crippen LogP contribution >= 0.6 is 0 Å². The SMILES string of the molecule is Cc1cccc(NC(=O)c2cccn(Cc3ccc([N+](=O)[O-])cc3)c2=O)c1. The van der Waals surface area contributed by atoms with Crippen molar-refractivity contribution in [1.82, 2.24) is 4.57 Å². The molecule has 27 heavy (non-hydrogen) atoms. The van der Waals surface area contributed by atoms with Crippen LogP contribution in [0.15, 0.2) is 71.7 Å². The van der Waals surface area contributed by atoms with Crippen LogP contribution in [-0.4, -0.2) is 15.4 Å². The third kappa shape index (κ3) is 4.27. The summed E-state index contributed by atoms with van der Waals surface area (Å²) in [6.07, 6.45) is 1.58. The van der Waals surface area contributed by atoms with Crippen molar-refractivity contribution in [1.29, 1.82) is 0 Å². The summed E-state index contributed by atoms with van der Waals surface area (Å²) in [7, 11) is 0. The molecule has 0 saturated heterocycles. The number of pyridine rings is 1. The number of benzene rings is 2. The van der Waals surface area contributed by atoms with Crippen LogP contribution in [0.5, 0.6) is 0 Å². The molecule has 7 heteroatoms. The van der Waals surface area contributed by atoms with E-state index in [2.05, 4.69) is 5.32 Å². The van der Waals surface area contributed by atoms with Crippen LogP contribution in [0.25, 0.3) is 0 Å². The number of hydrogen-bond acceptors (Lipinski definition) is 4. The highest BCUT2D eigenvalue weighted by molar-refractivity contribution is 6.04. The number of aromatic nitrogens is 1. The van der Waals surface area contributed by atoms with E-state index in [4.69, 9.17) is 0 Å². The maximum atomic E-state index is 12.6. The third-order valence-electron chi connectivity index (χ3n) is 4.04. The maximum absolute atomic E-state index is 12.6. The van der Waals surface area contributed by atoms with Crippen molar-refractivity contribution in [2.24, 2.45) is 0 Å². The number of hydrogen-bond donors (Lipinski definition) is 1. The number of non-ortho nitro benzene ring substituents is 1. The Labute approximate surface area is 155 Å². The van der Waals surface area contributed by atoms with Crippen LogP contribution < -0.4 is 10.9 Å². The van der Waals surface area contributed by atoms with Gasteiger partial charge >= 0.3 is 0 Å². The zero-order valence-electron chi connectivity index (χ0n) is 14.6. The Morgan fingerprint density at radius 3 is 2.52 bits per heavy atom. The Morgan fingerprint density at radius 1 is 1.11 bits per heavy atom. The molecule has 0 aliphatic rings. The molecule has 3 aromatic rings. The molecule has 2 aromatic carbocycles. The molecule has 7 nitrogen and oxygen atoms in total. The smallest absolute Gasteiger partial charge is 0.269 e. The second-order valence-electron chi connectivity index (χ2n) is 6.10. The van der Waals surface area contributed by atoms with Gasteiger partial charge in [-0.05, 0) is 42.3 Å². The van der Waals surface area contributed by atoms with Gasteiger partial charge < -0.3 is 9.88 Å². The number of carbonyl (C=O) groups is 1. The van der Waals surface area contributed by atoms with E-state index in [-0.39, 0.29) is 17.8 Å². The predicted molar refractivity (Wildman–Crippen MR) is 102 cm³/mol. The first-order valence-electron chi connectivity index (χ1n) is 8.25. The number of carbonyl (C=O) groups excluding carboxylic acids is 1. The number of nitrogens with one attached hydrogen (secondary N) is 1. The van der Waals surface area contributed by atoms with E-state index in [0.29, 0.717) is 5.69 Å². The zero-order chi connectivity index (χ0) is 19.4. The molecule has 1 aromatic heterocycles. The lowest BCUT2D eigenvalue weighted by atomic mass is 10.2. The molecule has 0 aliphatic heterocycles. The van der Waals surface area contributed by atoms with E-state index in [1.54, 1.807) is 30.5 Å². The van der Waals surface area contributed by atoms with E-state index >= 15 is 0 Å². The fraction of sp³-hybridized carbons (Fsp3) is 0.100. The first-order chi connectivity index (χ1) is 12.9. The molecular formula is C20H17N3O4. The van der Waals surface area contributed by atoms with Crippen molar-refractivity contribution in [3.63, 3.8) is 0 Å². The number of nitro groups is 1. The van der Waals surface area contributed by atoms with Gasteiger partial charge in [0.15, 0.2) is 0 Å². The van der Waals surface area contributed by atoms with E-state index < -0.39 is 16.4 Å². The third-order valence-corrected chi connectivity index (χ3v) is 4.04. The molecule has 0 spiro atoms. The number of amides is 1. The summed E-state index contributed by atoms with van der Waals surface area (Å²) in [5, 5.41) is 13.4. The fourth-order valence-electron chi connectivity index (χ4n) is 2.68. The van der Waals surface area contributed by atoms with Gasteiger partial charge in [0, 0.05) is 24.0 Å². The second kappa shape index (κ2) is 7.65. The van der Waals surface area contributed by atoms with Crippen LogP contribution in [-0.2, 0) is 6.54 Å². The molecule has 1 heterocycles. The van der Waals surface area contributed by atoms with Crippen LogP contribution in [0.2, 0.25) is 0 Å². The second-order valence-corrected chi connectivity index (χ2v) is 6.10. The van der Waals surface area contributed by atoms with Crippen molar-refractivity contribution < 1.29 is 9.72 Å². The van der Waals surface area contributed by atoms with E-state index in [0.717, 1.165) is 11.1 Å². The molecule has 0 aliphatic carbocycles. The Kier molecular flexibility index (Phi) is 5.12. The van der Waals surface area contributed by atoms with Gasteiger partial charge in [0.25, 0.3) is 17.2 Å². The van der Waals surface area contributed by atoms with E-state index in [1.807, 2.05) is 25.1 Å². The normalized spacial score (nSPS) is 10.4. The molecule has 1 N–H and O–H groups in total. The van der Waals surface area contributed by atoms with Gasteiger partial charge in [-0.3, -0.25) is 19.7 Å². The molecule has 0 saturated carbocycles. The average Bonchev–Trinajstić information content (AvgIpc) is 2.64. The summed E-state index contributed by atoms with van der Waals surface area (Å²) < 4.78 is 1.40. The summed E-state index contributed by atoms with van der Waals surface area (Å²) in [6, 6.07) is 16.3. The molecule has 136 valence electrons. The monoisotopic (exact) mass is 363 g/mol. The van der Waals surface area contributed by atoms with Crippen LogP contribution in [0.3, 0.4) is 0 Å². The Morgan fingerprint density at radius 2 is 1.85 bits per heavy atom. The standard InChI is InChI=1S/C20H17N3O4/c1-14-4-2-5-16(12-14)21-19(24)18-6-3-11-22(20(18)25)13-15-7-9-17(10-8-15)23(26)27/h2-12H,13H2,1H3,(H,21,24). The fourth-order valence-corrected chi connectivity index (χ4v) is 2.68. The summed E-state index contributed by atoms with van der Waals surface area (Å²) in [6.45, 7) is 2.12. The van der Waals surface area contributed by atoms with E-state index in [1.165, 1.54) is 22.8 Å². The minimum Gasteiger partial charge on any atom is -0.322 e. The molecule has 0 atom stereocenters. The summed E-state index contributed by atoms with van der Waals surface area (Å²) in [4.78, 5) is 35.4. The minimum atomic E-state index is -0.483. The maximum Gasteiger partial charge on any atom is 0.269 e. The molecule has 0 bridgehead atoms. The van der Waals surface area contributed by atoms with Crippen molar-refractivity contribution in [3.8, 4) is 0 Å². The lowest BCUT2D eigenvalue weighted by Crippen LogP contribution is -2.29. The molecular weight excluding hydrogens is 346 g/mol. The highest BCUT2D eigenvalue weighted by atomic mass is 16.6. The van der Waals surface area contributed by atoms with Gasteiger partial charge in [-0.2, -0.15) is 0 Å². The quantitative estimate of drug-likeness (QED) is 0.555. The predicted octanol–water partition coefficient (Wildman–Crippen LogP) is 3.37. The topological polar surface area (TPSA) is 94.2 Å². The number of anilines is 1. The van der Waals surface area contributed by atoms with Gasteiger partial charge in [0.2, 0.25) is 0 Å². The molecule has 3 rings (SSSR count). The van der Waals surface area contributed by atoms with E-state index in [9.17, 15) is 19.7 Å². The van der Waals surface area contributed by atoms with Crippen molar-refractivity contribution >= 4 is 17.3 Å². The minimum absolute atomic E-state index is 0.0163. The lowest BCUT2D eigenvalue weighted by molar-refractivity contribution is -0.384. The largest absolute Gasteiger partial charge is 0.322 e. The van der Waals surface area contributed by atoms with Crippen molar-refractivity contribution in [2.75, 3.05) is 5.32 Å². The lowest BCUT2D eigenvalue weighted by Gasteiger charge is -2.09. The Balaban J connectivity index is 1.82. The summed E-state index contributed by atoms with van der Waals surface area (Å²) >= 11 is 0. The molecule has 0 unspecified atom stereocenters. The van der Waals surface area contributed by atoms with Crippen LogP contribution in [0.4, 0.5) is 11.4 Å². The van der Waals surface area contributed by atoms with Gasteiger partial charge in [-0.15, -0.1) is 0 Å². The molecule has 1 amide bonds. The first-order valence-corrected chi connectivity index (χ1v) is 8.25. The van der Waals surface area contributed by atoms with Gasteiger partial charge in [0.1, 0.15) is 5.56 Å². The number of nitrogens with zero attached hydrogens (tertiary/aromatic N) is 2. The number of rotatable bonds is 5. The highest BCUT2D eigenvalue weighted by Crippen LogP contribution is 2.13. The van der Waals surface area contributed by atoms with Crippen LogP contribution in [0.1, 0.15) is 21.5 Å². The highest BCUT2D eigenvalue weighted by Gasteiger charge is 2.13. The van der Waals surface area contributed by atoms with Crippen molar-refractivity contribution in [2.45, 2.75) is 13.5 Å². The molecule has 0 fully saturated rings. The number of aryl methyl sites for hydroxylation is 1. The van der Waals surface area contributed by atoms with Crippen LogP contribution in [0, 0.1) is 17.0 Å². The number of nitro benzene ring substituents is 1. The van der Waals surface area contributed by atoms with Gasteiger partial charge in [-0.25, -0.2) is 0 Å². The Hall–Kier alpha value is -3.74. The van der Waals surface area contributed by atoms with Gasteiger partial charge in [0.05, 0.1) is 11.5 Å². The summed E-state index contributed by atoms with van der Waals surface area (Å²) in [5.41, 5.74) is 1.92. The van der Waals surface area contributed by atoms with Gasteiger partial charge in [-0.1, -0.05) is 24.3 Å². The summed E-state index contributed by atoms with van der Waals surface area (Å²) in [5.74, 6) is -0.483. The Bertz CT molecular complexity index is 1060. The zero-order valence-corrected chi connectivity index (χ0v) is 14.6. The average molecular weight is 363 g/mol. The molecule has 0 radical (unpaired) electrons. The van der Waals surface area contributed by atoms with Crippen molar-refractivity contribution in [3.05, 3.63) is 104 Å².